The summed E-state index contributed by atoms with van der Waals surface area (Å²) in [6.45, 7) is 3.66. The van der Waals surface area contributed by atoms with Gasteiger partial charge in [0.05, 0.1) is 5.69 Å². The summed E-state index contributed by atoms with van der Waals surface area (Å²) < 4.78 is 31.9. The first-order chi connectivity index (χ1) is 11.4. The van der Waals surface area contributed by atoms with Crippen LogP contribution in [0.3, 0.4) is 0 Å². The molecule has 2 aromatic carbocycles. The molecule has 0 fully saturated rings. The summed E-state index contributed by atoms with van der Waals surface area (Å²) in [4.78, 5) is 0.153. The maximum absolute atomic E-state index is 12.5. The van der Waals surface area contributed by atoms with Crippen molar-refractivity contribution in [1.82, 2.24) is 9.78 Å². The first-order valence-electron chi connectivity index (χ1n) is 7.48. The van der Waals surface area contributed by atoms with Crippen LogP contribution in [0.15, 0.2) is 59.5 Å². The van der Waals surface area contributed by atoms with Gasteiger partial charge >= 0.3 is 10.1 Å². The molecule has 0 spiro atoms. The van der Waals surface area contributed by atoms with E-state index in [2.05, 4.69) is 5.10 Å². The fourth-order valence-electron chi connectivity index (χ4n) is 2.60. The third-order valence-corrected chi connectivity index (χ3v) is 5.11. The zero-order valence-corrected chi connectivity index (χ0v) is 14.5. The van der Waals surface area contributed by atoms with Gasteiger partial charge in [-0.15, -0.1) is 5.10 Å². The van der Waals surface area contributed by atoms with Crippen molar-refractivity contribution in [2.45, 2.75) is 18.7 Å². The molecule has 0 atom stereocenters. The summed E-state index contributed by atoms with van der Waals surface area (Å²) in [5, 5.41) is 4.16. The molecule has 1 heterocycles. The Morgan fingerprint density at radius 1 is 1.00 bits per heavy atom. The fourth-order valence-corrected chi connectivity index (χ4v) is 3.68. The summed E-state index contributed by atoms with van der Waals surface area (Å²) in [6, 6.07) is 16.3. The van der Waals surface area contributed by atoms with Crippen LogP contribution >= 0.6 is 0 Å². The molecule has 0 bridgehead atoms. The van der Waals surface area contributed by atoms with Gasteiger partial charge in [0.2, 0.25) is 0 Å². The molecule has 0 aliphatic rings. The van der Waals surface area contributed by atoms with Crippen molar-refractivity contribution in [3.8, 4) is 17.1 Å². The lowest BCUT2D eigenvalue weighted by molar-refractivity contribution is 0.470. The minimum atomic E-state index is -3.92. The van der Waals surface area contributed by atoms with E-state index in [1.165, 1.54) is 0 Å². The quantitative estimate of drug-likeness (QED) is 0.681. The van der Waals surface area contributed by atoms with Crippen molar-refractivity contribution >= 4 is 10.1 Å². The first-order valence-corrected chi connectivity index (χ1v) is 8.89. The average molecular weight is 342 g/mol. The number of nitrogens with zero attached hydrogens (tertiary/aromatic N) is 2. The lowest BCUT2D eigenvalue weighted by Gasteiger charge is -2.07. The van der Waals surface area contributed by atoms with Crippen LogP contribution in [0.25, 0.3) is 11.3 Å². The van der Waals surface area contributed by atoms with Gasteiger partial charge < -0.3 is 4.18 Å². The lowest BCUT2D eigenvalue weighted by atomic mass is 10.1. The Morgan fingerprint density at radius 3 is 2.38 bits per heavy atom. The summed E-state index contributed by atoms with van der Waals surface area (Å²) in [5.74, 6) is 0.0522. The van der Waals surface area contributed by atoms with Crippen molar-refractivity contribution in [2.75, 3.05) is 0 Å². The molecule has 0 aliphatic heterocycles. The Labute approximate surface area is 141 Å². The molecular weight excluding hydrogens is 324 g/mol. The van der Waals surface area contributed by atoms with Crippen LogP contribution in [0.2, 0.25) is 0 Å². The summed E-state index contributed by atoms with van der Waals surface area (Å²) in [5.41, 5.74) is 3.36. The highest BCUT2D eigenvalue weighted by Crippen LogP contribution is 2.26. The van der Waals surface area contributed by atoms with Crippen molar-refractivity contribution < 1.29 is 12.6 Å². The maximum atomic E-state index is 12.5. The van der Waals surface area contributed by atoms with E-state index in [9.17, 15) is 8.42 Å². The third-order valence-electron chi connectivity index (χ3n) is 3.72. The molecular formula is C18H18N2O3S. The molecule has 124 valence electrons. The molecule has 1 aromatic heterocycles. The van der Waals surface area contributed by atoms with Crippen LogP contribution in [-0.2, 0) is 17.2 Å². The van der Waals surface area contributed by atoms with Gasteiger partial charge in [0.25, 0.3) is 5.88 Å². The molecule has 6 heteroatoms. The van der Waals surface area contributed by atoms with E-state index in [-0.39, 0.29) is 10.8 Å². The largest absolute Gasteiger partial charge is 0.357 e. The van der Waals surface area contributed by atoms with E-state index in [1.807, 2.05) is 43.3 Å². The Hall–Kier alpha value is -2.60. The van der Waals surface area contributed by atoms with Gasteiger partial charge in [0, 0.05) is 13.1 Å². The van der Waals surface area contributed by atoms with Gasteiger partial charge in [-0.05, 0) is 31.0 Å². The number of hydrogen-bond acceptors (Lipinski definition) is 4. The van der Waals surface area contributed by atoms with Crippen LogP contribution in [0.5, 0.6) is 5.88 Å². The van der Waals surface area contributed by atoms with Crippen LogP contribution < -0.4 is 4.18 Å². The van der Waals surface area contributed by atoms with Crippen LogP contribution in [-0.4, -0.2) is 18.2 Å². The molecule has 24 heavy (non-hydrogen) atoms. The molecule has 0 N–H and O–H groups in total. The summed E-state index contributed by atoms with van der Waals surface area (Å²) >= 11 is 0. The highest BCUT2D eigenvalue weighted by molar-refractivity contribution is 7.87. The molecule has 0 aliphatic carbocycles. The van der Waals surface area contributed by atoms with E-state index < -0.39 is 10.1 Å². The van der Waals surface area contributed by atoms with Crippen molar-refractivity contribution in [1.29, 1.82) is 0 Å². The van der Waals surface area contributed by atoms with Crippen LogP contribution in [0, 0.1) is 13.8 Å². The number of aromatic nitrogens is 2. The monoisotopic (exact) mass is 342 g/mol. The van der Waals surface area contributed by atoms with Gasteiger partial charge in [-0.25, -0.2) is 0 Å². The van der Waals surface area contributed by atoms with Crippen LogP contribution in [0.1, 0.15) is 11.1 Å². The zero-order valence-electron chi connectivity index (χ0n) is 13.7. The second-order valence-electron chi connectivity index (χ2n) is 5.66. The highest BCUT2D eigenvalue weighted by Gasteiger charge is 2.21. The number of hydrogen-bond donors (Lipinski definition) is 0. The van der Waals surface area contributed by atoms with Crippen LogP contribution in [0.4, 0.5) is 0 Å². The highest BCUT2D eigenvalue weighted by atomic mass is 32.2. The molecule has 0 saturated carbocycles. The smallest absolute Gasteiger partial charge is 0.341 e. The second kappa shape index (κ2) is 6.13. The SMILES string of the molecule is Cc1ccc(S(=O)(=O)Oc2cc(-c3ccccc3)n(C)n2)c(C)c1. The fraction of sp³-hybridized carbons (Fsp3) is 0.167. The van der Waals surface area contributed by atoms with E-state index >= 15 is 0 Å². The topological polar surface area (TPSA) is 61.2 Å². The lowest BCUT2D eigenvalue weighted by Crippen LogP contribution is -2.11. The van der Waals surface area contributed by atoms with Gasteiger partial charge in [-0.2, -0.15) is 8.42 Å². The van der Waals surface area contributed by atoms with E-state index in [1.54, 1.807) is 36.9 Å². The molecule has 3 aromatic rings. The van der Waals surface area contributed by atoms with Crippen molar-refractivity contribution in [3.63, 3.8) is 0 Å². The second-order valence-corrected chi connectivity index (χ2v) is 7.18. The van der Waals surface area contributed by atoms with Gasteiger partial charge in [0.1, 0.15) is 4.90 Å². The van der Waals surface area contributed by atoms with Gasteiger partial charge in [0.15, 0.2) is 0 Å². The maximum Gasteiger partial charge on any atom is 0.341 e. The molecule has 0 amide bonds. The van der Waals surface area contributed by atoms with Crippen molar-refractivity contribution in [3.05, 3.63) is 65.7 Å². The first kappa shape index (κ1) is 16.3. The normalized spacial score (nSPS) is 11.5. The molecule has 5 nitrogen and oxygen atoms in total. The number of benzene rings is 2. The minimum absolute atomic E-state index is 0.0522. The Morgan fingerprint density at radius 2 is 1.71 bits per heavy atom. The van der Waals surface area contributed by atoms with E-state index in [0.29, 0.717) is 5.56 Å². The molecule has 0 unspecified atom stereocenters. The zero-order chi connectivity index (χ0) is 17.3. The summed E-state index contributed by atoms with van der Waals surface area (Å²) in [7, 11) is -2.17. The number of aryl methyl sites for hydroxylation is 3. The van der Waals surface area contributed by atoms with Crippen molar-refractivity contribution in [2.24, 2.45) is 7.05 Å². The number of rotatable bonds is 4. The predicted octanol–water partition coefficient (Wildman–Crippen LogP) is 3.47. The van der Waals surface area contributed by atoms with Gasteiger partial charge in [-0.3, -0.25) is 4.68 Å². The molecule has 0 saturated heterocycles. The Balaban J connectivity index is 1.94. The Kier molecular flexibility index (Phi) is 4.15. The third kappa shape index (κ3) is 3.19. The summed E-state index contributed by atoms with van der Waals surface area (Å²) in [6.07, 6.45) is 0. The Bertz CT molecular complexity index is 977. The predicted molar refractivity (Wildman–Crippen MR) is 92.4 cm³/mol. The van der Waals surface area contributed by atoms with E-state index in [0.717, 1.165) is 16.8 Å². The van der Waals surface area contributed by atoms with Gasteiger partial charge in [-0.1, -0.05) is 48.0 Å². The average Bonchev–Trinajstić information content (AvgIpc) is 2.87. The minimum Gasteiger partial charge on any atom is -0.357 e. The molecule has 3 rings (SSSR count). The standard InChI is InChI=1S/C18H18N2O3S/c1-13-9-10-17(14(2)11-13)24(21,22)23-18-12-16(20(3)19-18)15-7-5-4-6-8-15/h4-12H,1-3H3. The van der Waals surface area contributed by atoms with E-state index in [4.69, 9.17) is 4.18 Å². The molecule has 0 radical (unpaired) electrons.